The highest BCUT2D eigenvalue weighted by Gasteiger charge is 2.62. The molecular formula is C27H44O2. The van der Waals surface area contributed by atoms with Gasteiger partial charge < -0.3 is 0 Å². The first kappa shape index (κ1) is 21.6. The van der Waals surface area contributed by atoms with Crippen molar-refractivity contribution in [3.63, 3.8) is 0 Å². The van der Waals surface area contributed by atoms with Crippen LogP contribution in [0.15, 0.2) is 0 Å². The third-order valence-electron chi connectivity index (χ3n) is 10.5. The van der Waals surface area contributed by atoms with Gasteiger partial charge in [0.25, 0.3) is 0 Å². The van der Waals surface area contributed by atoms with Gasteiger partial charge >= 0.3 is 0 Å². The third kappa shape index (κ3) is 3.55. The number of hydrogen-bond acceptors (Lipinski definition) is 2. The topological polar surface area (TPSA) is 34.1 Å². The molecule has 0 heterocycles. The first-order valence-corrected chi connectivity index (χ1v) is 12.7. The molecule has 4 fully saturated rings. The summed E-state index contributed by atoms with van der Waals surface area (Å²) in [6.45, 7) is 12.2. The molecular weight excluding hydrogens is 356 g/mol. The number of ketones is 2. The highest BCUT2D eigenvalue weighted by Crippen LogP contribution is 2.67. The summed E-state index contributed by atoms with van der Waals surface area (Å²) < 4.78 is 0. The van der Waals surface area contributed by atoms with Crippen LogP contribution >= 0.6 is 0 Å². The average molecular weight is 401 g/mol. The zero-order valence-corrected chi connectivity index (χ0v) is 19.6. The van der Waals surface area contributed by atoms with E-state index in [1.54, 1.807) is 0 Å². The van der Waals surface area contributed by atoms with Crippen molar-refractivity contribution in [1.82, 2.24) is 0 Å². The molecule has 0 aliphatic heterocycles. The predicted octanol–water partition coefficient (Wildman–Crippen LogP) is 6.86. The second kappa shape index (κ2) is 7.79. The summed E-state index contributed by atoms with van der Waals surface area (Å²) in [5.74, 6) is 5.07. The van der Waals surface area contributed by atoms with E-state index in [-0.39, 0.29) is 11.3 Å². The van der Waals surface area contributed by atoms with Gasteiger partial charge in [0.2, 0.25) is 0 Å². The van der Waals surface area contributed by atoms with Gasteiger partial charge in [-0.1, -0.05) is 53.9 Å². The molecule has 0 saturated heterocycles. The maximum atomic E-state index is 13.4. The molecule has 4 rings (SSSR count). The number of Topliss-reactive ketones (excluding diaryl/α,β-unsaturated/α-hetero) is 2. The SMILES string of the molecule is CC(C)CCCC(C)C1CCC2C3C(=O)CC4CC(=O)CC[C@]4(C)C3CC[C@]12C. The minimum atomic E-state index is 0.231. The van der Waals surface area contributed by atoms with Crippen molar-refractivity contribution in [2.45, 2.75) is 105 Å². The molecule has 2 heteroatoms. The number of fused-ring (bicyclic) bond motifs is 5. The molecule has 0 spiro atoms. The lowest BCUT2D eigenvalue weighted by Gasteiger charge is -2.59. The van der Waals surface area contributed by atoms with E-state index in [0.29, 0.717) is 47.6 Å². The molecule has 0 amide bonds. The lowest BCUT2D eigenvalue weighted by Crippen LogP contribution is -2.57. The third-order valence-corrected chi connectivity index (χ3v) is 10.5. The van der Waals surface area contributed by atoms with Crippen molar-refractivity contribution in [3.05, 3.63) is 0 Å². The number of rotatable bonds is 5. The summed E-state index contributed by atoms with van der Waals surface area (Å²) >= 11 is 0. The molecule has 29 heavy (non-hydrogen) atoms. The maximum Gasteiger partial charge on any atom is 0.136 e. The van der Waals surface area contributed by atoms with Crippen molar-refractivity contribution in [2.75, 3.05) is 0 Å². The molecule has 2 nitrogen and oxygen atoms in total. The average Bonchev–Trinajstić information content (AvgIpc) is 3.00. The summed E-state index contributed by atoms with van der Waals surface area (Å²) in [5, 5.41) is 0. The van der Waals surface area contributed by atoms with Crippen molar-refractivity contribution >= 4 is 11.6 Å². The van der Waals surface area contributed by atoms with Gasteiger partial charge in [0.15, 0.2) is 0 Å². The second-order valence-electron chi connectivity index (χ2n) is 12.4. The molecule has 4 saturated carbocycles. The number of hydrogen-bond donors (Lipinski definition) is 0. The monoisotopic (exact) mass is 400 g/mol. The standard InChI is InChI=1S/C27H44O2/c1-17(2)7-6-8-18(3)21-9-10-22-25-23(12-14-27(21,22)5)26(4)13-11-20(28)15-19(26)16-24(25)29/h17-19,21-23,25H,6-16H2,1-5H3/t18?,19?,21?,22?,23?,25?,26-,27+/m0/s1. The summed E-state index contributed by atoms with van der Waals surface area (Å²) in [6, 6.07) is 0. The van der Waals surface area contributed by atoms with E-state index >= 15 is 0 Å². The zero-order chi connectivity index (χ0) is 21.0. The van der Waals surface area contributed by atoms with Crippen molar-refractivity contribution in [1.29, 1.82) is 0 Å². The van der Waals surface area contributed by atoms with Gasteiger partial charge in [-0.15, -0.1) is 0 Å². The van der Waals surface area contributed by atoms with Gasteiger partial charge in [0.05, 0.1) is 0 Å². The van der Waals surface area contributed by atoms with Gasteiger partial charge in [0.1, 0.15) is 11.6 Å². The number of carbonyl (C=O) groups excluding carboxylic acids is 2. The van der Waals surface area contributed by atoms with Crippen LogP contribution < -0.4 is 0 Å². The molecule has 0 aromatic rings. The molecule has 4 aliphatic carbocycles. The smallest absolute Gasteiger partial charge is 0.136 e. The number of carbonyl (C=O) groups is 2. The van der Waals surface area contributed by atoms with Gasteiger partial charge in [-0.25, -0.2) is 0 Å². The van der Waals surface area contributed by atoms with Crippen LogP contribution in [0.3, 0.4) is 0 Å². The lowest BCUT2D eigenvalue weighted by molar-refractivity contribution is -0.159. The Hall–Kier alpha value is -0.660. The minimum absolute atomic E-state index is 0.231. The van der Waals surface area contributed by atoms with E-state index in [2.05, 4.69) is 34.6 Å². The summed E-state index contributed by atoms with van der Waals surface area (Å²) in [7, 11) is 0. The Balaban J connectivity index is 1.52. The van der Waals surface area contributed by atoms with Gasteiger partial charge in [-0.05, 0) is 78.4 Å². The van der Waals surface area contributed by atoms with Crippen molar-refractivity contribution in [2.24, 2.45) is 52.3 Å². The van der Waals surface area contributed by atoms with Crippen LogP contribution in [-0.2, 0) is 9.59 Å². The first-order chi connectivity index (χ1) is 13.7. The molecule has 4 aliphatic rings. The molecule has 0 aromatic carbocycles. The van der Waals surface area contributed by atoms with Crippen LogP contribution in [0, 0.1) is 52.3 Å². The van der Waals surface area contributed by atoms with E-state index in [4.69, 9.17) is 0 Å². The van der Waals surface area contributed by atoms with Crippen LogP contribution in [0.4, 0.5) is 0 Å². The summed E-state index contributed by atoms with van der Waals surface area (Å²) in [4.78, 5) is 25.5. The predicted molar refractivity (Wildman–Crippen MR) is 118 cm³/mol. The van der Waals surface area contributed by atoms with E-state index in [1.165, 1.54) is 44.9 Å². The molecule has 8 atom stereocenters. The molecule has 0 N–H and O–H groups in total. The summed E-state index contributed by atoms with van der Waals surface area (Å²) in [6.07, 6.45) is 12.3. The second-order valence-corrected chi connectivity index (χ2v) is 12.4. The quantitative estimate of drug-likeness (QED) is 0.505. The fourth-order valence-corrected chi connectivity index (χ4v) is 8.75. The van der Waals surface area contributed by atoms with Gasteiger partial charge in [-0.3, -0.25) is 9.59 Å². The Bertz CT molecular complexity index is 651. The van der Waals surface area contributed by atoms with E-state index in [0.717, 1.165) is 30.6 Å². The van der Waals surface area contributed by atoms with Gasteiger partial charge in [0, 0.05) is 25.2 Å². The van der Waals surface area contributed by atoms with E-state index < -0.39 is 0 Å². The molecule has 6 unspecified atom stereocenters. The molecule has 0 bridgehead atoms. The normalized spacial score (nSPS) is 45.7. The summed E-state index contributed by atoms with van der Waals surface area (Å²) in [5.41, 5.74) is 0.594. The van der Waals surface area contributed by atoms with Crippen molar-refractivity contribution < 1.29 is 9.59 Å². The van der Waals surface area contributed by atoms with Crippen LogP contribution in [0.5, 0.6) is 0 Å². The maximum absolute atomic E-state index is 13.4. The highest BCUT2D eigenvalue weighted by atomic mass is 16.1. The lowest BCUT2D eigenvalue weighted by atomic mass is 9.44. The minimum Gasteiger partial charge on any atom is -0.300 e. The molecule has 0 aromatic heterocycles. The highest BCUT2D eigenvalue weighted by molar-refractivity contribution is 5.86. The van der Waals surface area contributed by atoms with Crippen molar-refractivity contribution in [3.8, 4) is 0 Å². The zero-order valence-electron chi connectivity index (χ0n) is 19.6. The van der Waals surface area contributed by atoms with E-state index in [9.17, 15) is 9.59 Å². The Labute approximate surface area is 179 Å². The Morgan fingerprint density at radius 1 is 0.897 bits per heavy atom. The van der Waals surface area contributed by atoms with Gasteiger partial charge in [-0.2, -0.15) is 0 Å². The van der Waals surface area contributed by atoms with Crippen LogP contribution in [0.25, 0.3) is 0 Å². The Morgan fingerprint density at radius 3 is 2.34 bits per heavy atom. The Morgan fingerprint density at radius 2 is 1.62 bits per heavy atom. The molecule has 0 radical (unpaired) electrons. The first-order valence-electron chi connectivity index (χ1n) is 12.7. The van der Waals surface area contributed by atoms with Crippen LogP contribution in [0.2, 0.25) is 0 Å². The fraction of sp³-hybridized carbons (Fsp3) is 0.926. The Kier molecular flexibility index (Phi) is 5.79. The van der Waals surface area contributed by atoms with Crippen LogP contribution in [-0.4, -0.2) is 11.6 Å². The van der Waals surface area contributed by atoms with Crippen LogP contribution in [0.1, 0.15) is 105 Å². The largest absolute Gasteiger partial charge is 0.300 e. The van der Waals surface area contributed by atoms with E-state index in [1.807, 2.05) is 0 Å². The fourth-order valence-electron chi connectivity index (χ4n) is 8.75. The molecule has 164 valence electrons.